The summed E-state index contributed by atoms with van der Waals surface area (Å²) in [6.45, 7) is 3.06. The van der Waals surface area contributed by atoms with Crippen LogP contribution in [-0.4, -0.2) is 23.6 Å². The number of nitrogens with one attached hydrogen (secondary N) is 1. The van der Waals surface area contributed by atoms with Crippen LogP contribution in [0.4, 0.5) is 5.82 Å². The predicted molar refractivity (Wildman–Crippen MR) is 88.2 cm³/mol. The molecular formula is C16H17N3OS. The van der Waals surface area contributed by atoms with Crippen LogP contribution >= 0.6 is 11.3 Å². The zero-order valence-corrected chi connectivity index (χ0v) is 12.9. The lowest BCUT2D eigenvalue weighted by molar-refractivity contribution is 0.415. The average Bonchev–Trinajstić information content (AvgIpc) is 2.97. The van der Waals surface area contributed by atoms with Crippen molar-refractivity contribution < 1.29 is 4.74 Å². The predicted octanol–water partition coefficient (Wildman–Crippen LogP) is 4.19. The maximum absolute atomic E-state index is 5.20. The molecule has 3 aromatic rings. The second-order valence-electron chi connectivity index (χ2n) is 4.70. The van der Waals surface area contributed by atoms with Crippen molar-refractivity contribution in [3.8, 4) is 16.2 Å². The number of aromatic nitrogens is 2. The summed E-state index contributed by atoms with van der Waals surface area (Å²) in [6.07, 6.45) is 2.69. The smallest absolute Gasteiger partial charge is 0.147 e. The molecule has 108 valence electrons. The van der Waals surface area contributed by atoms with Gasteiger partial charge in [0, 0.05) is 11.4 Å². The van der Waals surface area contributed by atoms with Crippen molar-refractivity contribution in [2.75, 3.05) is 19.0 Å². The summed E-state index contributed by atoms with van der Waals surface area (Å²) in [5.74, 6) is 1.79. The number of rotatable bonds is 5. The van der Waals surface area contributed by atoms with Gasteiger partial charge in [-0.25, -0.2) is 9.97 Å². The molecule has 3 rings (SSSR count). The van der Waals surface area contributed by atoms with E-state index < -0.39 is 0 Å². The van der Waals surface area contributed by atoms with E-state index in [1.807, 2.05) is 12.1 Å². The molecule has 21 heavy (non-hydrogen) atoms. The van der Waals surface area contributed by atoms with E-state index in [4.69, 9.17) is 4.74 Å². The Kier molecular flexibility index (Phi) is 4.01. The Balaban J connectivity index is 1.99. The molecule has 2 aromatic heterocycles. The van der Waals surface area contributed by atoms with E-state index in [2.05, 4.69) is 40.4 Å². The van der Waals surface area contributed by atoms with Crippen LogP contribution in [0.2, 0.25) is 0 Å². The average molecular weight is 299 g/mol. The standard InChI is InChI=1S/C16H17N3OS/c1-3-8-17-16-15-13(18-10-19-16)9-14(21-15)11-4-6-12(20-2)7-5-11/h4-7,9-10H,3,8H2,1-2H3,(H,17,18,19). The molecule has 0 aliphatic rings. The molecule has 0 saturated carbocycles. The lowest BCUT2D eigenvalue weighted by atomic mass is 10.2. The van der Waals surface area contributed by atoms with Gasteiger partial charge in [-0.3, -0.25) is 0 Å². The summed E-state index contributed by atoms with van der Waals surface area (Å²) in [5, 5.41) is 3.36. The highest BCUT2D eigenvalue weighted by molar-refractivity contribution is 7.22. The van der Waals surface area contributed by atoms with Crippen molar-refractivity contribution >= 4 is 27.4 Å². The Bertz CT molecular complexity index is 737. The van der Waals surface area contributed by atoms with Gasteiger partial charge in [-0.05, 0) is 42.3 Å². The molecule has 0 amide bonds. The summed E-state index contributed by atoms with van der Waals surface area (Å²) in [4.78, 5) is 9.90. The van der Waals surface area contributed by atoms with E-state index in [0.29, 0.717) is 0 Å². The van der Waals surface area contributed by atoms with Crippen molar-refractivity contribution in [1.82, 2.24) is 9.97 Å². The van der Waals surface area contributed by atoms with Gasteiger partial charge in [-0.2, -0.15) is 0 Å². The molecule has 0 bridgehead atoms. The Labute approximate surface area is 127 Å². The molecule has 0 atom stereocenters. The van der Waals surface area contributed by atoms with Crippen LogP contribution < -0.4 is 10.1 Å². The minimum absolute atomic E-state index is 0.866. The molecular weight excluding hydrogens is 282 g/mol. The van der Waals surface area contributed by atoms with Crippen LogP contribution in [0, 0.1) is 0 Å². The zero-order chi connectivity index (χ0) is 14.7. The minimum Gasteiger partial charge on any atom is -0.497 e. The molecule has 1 aromatic carbocycles. The third-order valence-electron chi connectivity index (χ3n) is 3.23. The molecule has 0 saturated heterocycles. The highest BCUT2D eigenvalue weighted by Gasteiger charge is 2.10. The zero-order valence-electron chi connectivity index (χ0n) is 12.1. The molecule has 0 aliphatic heterocycles. The first kappa shape index (κ1) is 13.8. The largest absolute Gasteiger partial charge is 0.497 e. The lowest BCUT2D eigenvalue weighted by Crippen LogP contribution is -2.01. The maximum Gasteiger partial charge on any atom is 0.147 e. The van der Waals surface area contributed by atoms with Crippen LogP contribution in [0.15, 0.2) is 36.7 Å². The van der Waals surface area contributed by atoms with E-state index in [1.165, 1.54) is 10.4 Å². The van der Waals surface area contributed by atoms with Crippen LogP contribution in [-0.2, 0) is 0 Å². The van der Waals surface area contributed by atoms with Crippen molar-refractivity contribution in [3.63, 3.8) is 0 Å². The number of methoxy groups -OCH3 is 1. The number of hydrogen-bond acceptors (Lipinski definition) is 5. The second-order valence-corrected chi connectivity index (χ2v) is 5.75. The number of thiophene rings is 1. The normalized spacial score (nSPS) is 10.8. The summed E-state index contributed by atoms with van der Waals surface area (Å²) in [7, 11) is 1.68. The quantitative estimate of drug-likeness (QED) is 0.767. The number of fused-ring (bicyclic) bond motifs is 1. The fourth-order valence-corrected chi connectivity index (χ4v) is 3.20. The van der Waals surface area contributed by atoms with Gasteiger partial charge in [0.05, 0.1) is 17.3 Å². The Hall–Kier alpha value is -2.14. The van der Waals surface area contributed by atoms with E-state index in [9.17, 15) is 0 Å². The van der Waals surface area contributed by atoms with E-state index in [0.717, 1.165) is 34.7 Å². The van der Waals surface area contributed by atoms with E-state index in [1.54, 1.807) is 24.8 Å². The minimum atomic E-state index is 0.866. The van der Waals surface area contributed by atoms with Gasteiger partial charge in [0.1, 0.15) is 17.9 Å². The fraction of sp³-hybridized carbons (Fsp3) is 0.250. The van der Waals surface area contributed by atoms with Crippen molar-refractivity contribution in [3.05, 3.63) is 36.7 Å². The molecule has 5 heteroatoms. The first-order chi connectivity index (χ1) is 10.3. The number of anilines is 1. The van der Waals surface area contributed by atoms with Gasteiger partial charge >= 0.3 is 0 Å². The van der Waals surface area contributed by atoms with Crippen LogP contribution in [0.3, 0.4) is 0 Å². The summed E-state index contributed by atoms with van der Waals surface area (Å²) in [5.41, 5.74) is 2.15. The highest BCUT2D eigenvalue weighted by Crippen LogP contribution is 2.36. The number of nitrogens with zero attached hydrogens (tertiary/aromatic N) is 2. The topological polar surface area (TPSA) is 47.0 Å². The van der Waals surface area contributed by atoms with Crippen molar-refractivity contribution in [2.45, 2.75) is 13.3 Å². The molecule has 0 radical (unpaired) electrons. The number of hydrogen-bond donors (Lipinski definition) is 1. The molecule has 2 heterocycles. The maximum atomic E-state index is 5.20. The van der Waals surface area contributed by atoms with Gasteiger partial charge in [0.25, 0.3) is 0 Å². The van der Waals surface area contributed by atoms with Crippen LogP contribution in [0.1, 0.15) is 13.3 Å². The van der Waals surface area contributed by atoms with E-state index >= 15 is 0 Å². The SMILES string of the molecule is CCCNc1ncnc2cc(-c3ccc(OC)cc3)sc12. The lowest BCUT2D eigenvalue weighted by Gasteiger charge is -2.03. The Morgan fingerprint density at radius 2 is 2.00 bits per heavy atom. The first-order valence-corrected chi connectivity index (χ1v) is 7.76. The molecule has 0 fully saturated rings. The molecule has 0 aliphatic carbocycles. The summed E-state index contributed by atoms with van der Waals surface area (Å²) < 4.78 is 6.31. The summed E-state index contributed by atoms with van der Waals surface area (Å²) >= 11 is 1.71. The summed E-state index contributed by atoms with van der Waals surface area (Å²) in [6, 6.07) is 10.2. The van der Waals surface area contributed by atoms with Crippen molar-refractivity contribution in [1.29, 1.82) is 0 Å². The van der Waals surface area contributed by atoms with Gasteiger partial charge in [0.15, 0.2) is 0 Å². The van der Waals surface area contributed by atoms with Crippen LogP contribution in [0.5, 0.6) is 5.75 Å². The Morgan fingerprint density at radius 1 is 1.19 bits per heavy atom. The first-order valence-electron chi connectivity index (χ1n) is 6.94. The third kappa shape index (κ3) is 2.83. The molecule has 0 unspecified atom stereocenters. The monoisotopic (exact) mass is 299 g/mol. The van der Waals surface area contributed by atoms with Gasteiger partial charge in [0.2, 0.25) is 0 Å². The number of benzene rings is 1. The second kappa shape index (κ2) is 6.10. The van der Waals surface area contributed by atoms with Crippen molar-refractivity contribution in [2.24, 2.45) is 0 Å². The fourth-order valence-electron chi connectivity index (χ4n) is 2.12. The third-order valence-corrected chi connectivity index (χ3v) is 4.41. The van der Waals surface area contributed by atoms with Crippen LogP contribution in [0.25, 0.3) is 20.7 Å². The Morgan fingerprint density at radius 3 is 2.71 bits per heavy atom. The molecule has 0 spiro atoms. The molecule has 1 N–H and O–H groups in total. The van der Waals surface area contributed by atoms with Gasteiger partial charge < -0.3 is 10.1 Å². The van der Waals surface area contributed by atoms with Gasteiger partial charge in [-0.1, -0.05) is 6.92 Å². The van der Waals surface area contributed by atoms with E-state index in [-0.39, 0.29) is 0 Å². The number of ether oxygens (including phenoxy) is 1. The highest BCUT2D eigenvalue weighted by atomic mass is 32.1. The van der Waals surface area contributed by atoms with Gasteiger partial charge in [-0.15, -0.1) is 11.3 Å². The molecule has 4 nitrogen and oxygen atoms in total.